The van der Waals surface area contributed by atoms with Gasteiger partial charge < -0.3 is 10.0 Å². The molecule has 2 rings (SSSR count). The number of carbonyl (C=O) groups excluding carboxylic acids is 1. The van der Waals surface area contributed by atoms with Gasteiger partial charge in [0.15, 0.2) is 0 Å². The van der Waals surface area contributed by atoms with E-state index in [0.29, 0.717) is 12.5 Å². The van der Waals surface area contributed by atoms with Crippen molar-refractivity contribution in [3.8, 4) is 0 Å². The van der Waals surface area contributed by atoms with Crippen LogP contribution in [-0.2, 0) is 25.4 Å². The summed E-state index contributed by atoms with van der Waals surface area (Å²) in [6.45, 7) is 4.23. The summed E-state index contributed by atoms with van der Waals surface area (Å²) < 4.78 is 35.1. The van der Waals surface area contributed by atoms with Crippen molar-refractivity contribution in [3.63, 3.8) is 0 Å². The van der Waals surface area contributed by atoms with Crippen molar-refractivity contribution in [1.29, 1.82) is 0 Å². The number of hydrogen-bond donors (Lipinski definition) is 2. The van der Waals surface area contributed by atoms with Crippen LogP contribution in [0.2, 0.25) is 0 Å². The summed E-state index contributed by atoms with van der Waals surface area (Å²) in [5, 5.41) is 18.1. The maximum Gasteiger partial charge on any atom is 0.490 e. The van der Waals surface area contributed by atoms with E-state index in [-0.39, 0.29) is 6.03 Å². The Morgan fingerprint density at radius 2 is 1.81 bits per heavy atom. The summed E-state index contributed by atoms with van der Waals surface area (Å²) >= 11 is 0. The minimum atomic E-state index is -5.08. The highest BCUT2D eigenvalue weighted by Gasteiger charge is 2.38. The van der Waals surface area contributed by atoms with Crippen LogP contribution in [0.5, 0.6) is 0 Å². The highest BCUT2D eigenvalue weighted by atomic mass is 19.4. The molecule has 0 aliphatic rings. The zero-order chi connectivity index (χ0) is 20.9. The third-order valence-electron chi connectivity index (χ3n) is 3.31. The lowest BCUT2D eigenvalue weighted by Gasteiger charge is -2.16. The van der Waals surface area contributed by atoms with Crippen LogP contribution >= 0.6 is 0 Å². The molecule has 0 atom stereocenters. The maximum absolute atomic E-state index is 12.1. The number of nitrogens with one attached hydrogen (secondary N) is 1. The molecule has 0 spiro atoms. The smallest absolute Gasteiger partial charge is 0.475 e. The second kappa shape index (κ2) is 8.51. The standard InChI is InChI=1S/C12H19N7O.C2HF3O2/c1-8-10(7-18(4)15-8)6-17(3)12(20)14-11-13-9(2)19(5)16-11;3-2(4,5)1(6)7/h7H,6H2,1-5H3,(H,14,16,20);(H,6,7). The summed E-state index contributed by atoms with van der Waals surface area (Å²) in [7, 11) is 5.36. The Hall–Kier alpha value is -3.12. The average molecular weight is 391 g/mol. The van der Waals surface area contributed by atoms with Crippen molar-refractivity contribution in [2.75, 3.05) is 12.4 Å². The summed E-state index contributed by atoms with van der Waals surface area (Å²) in [6, 6.07) is -0.251. The van der Waals surface area contributed by atoms with E-state index in [0.717, 1.165) is 17.1 Å². The van der Waals surface area contributed by atoms with Gasteiger partial charge in [-0.25, -0.2) is 9.59 Å². The van der Waals surface area contributed by atoms with Crippen LogP contribution in [0.25, 0.3) is 0 Å². The topological polar surface area (TPSA) is 118 Å². The summed E-state index contributed by atoms with van der Waals surface area (Å²) in [6.07, 6.45) is -3.18. The van der Waals surface area contributed by atoms with Crippen LogP contribution in [0.15, 0.2) is 6.20 Å². The molecule has 10 nitrogen and oxygen atoms in total. The van der Waals surface area contributed by atoms with Crippen LogP contribution in [0, 0.1) is 13.8 Å². The van der Waals surface area contributed by atoms with Gasteiger partial charge in [0.05, 0.1) is 12.2 Å². The number of anilines is 1. The molecule has 2 aromatic heterocycles. The second-order valence-electron chi connectivity index (χ2n) is 5.61. The Labute approximate surface area is 152 Å². The SMILES string of the molecule is Cc1nn(C)cc1CN(C)C(=O)Nc1nc(C)n(C)n1.O=C(O)C(F)(F)F. The third kappa shape index (κ3) is 6.60. The average Bonchev–Trinajstić information content (AvgIpc) is 3.00. The summed E-state index contributed by atoms with van der Waals surface area (Å²) in [5.41, 5.74) is 1.93. The fraction of sp³-hybridized carbons (Fsp3) is 0.500. The first-order chi connectivity index (χ1) is 12.3. The zero-order valence-electron chi connectivity index (χ0n) is 15.4. The van der Waals surface area contributed by atoms with Gasteiger partial charge in [0, 0.05) is 32.9 Å². The number of rotatable bonds is 3. The number of carboxylic acids is 1. The van der Waals surface area contributed by atoms with Gasteiger partial charge in [-0.05, 0) is 13.8 Å². The number of aromatic nitrogens is 5. The molecule has 2 amide bonds. The first-order valence-corrected chi connectivity index (χ1v) is 7.50. The molecule has 2 aromatic rings. The van der Waals surface area contributed by atoms with E-state index in [1.165, 1.54) is 0 Å². The van der Waals surface area contributed by atoms with E-state index in [4.69, 9.17) is 9.90 Å². The van der Waals surface area contributed by atoms with E-state index < -0.39 is 12.1 Å². The Morgan fingerprint density at radius 3 is 2.19 bits per heavy atom. The highest BCUT2D eigenvalue weighted by Crippen LogP contribution is 2.13. The predicted octanol–water partition coefficient (Wildman–Crippen LogP) is 1.46. The van der Waals surface area contributed by atoms with Crippen LogP contribution < -0.4 is 5.32 Å². The lowest BCUT2D eigenvalue weighted by Crippen LogP contribution is -2.31. The number of urea groups is 1. The molecule has 150 valence electrons. The molecule has 0 saturated carbocycles. The van der Waals surface area contributed by atoms with E-state index in [2.05, 4.69) is 20.5 Å². The van der Waals surface area contributed by atoms with Gasteiger partial charge in [0.2, 0.25) is 5.95 Å². The predicted molar refractivity (Wildman–Crippen MR) is 87.9 cm³/mol. The second-order valence-corrected chi connectivity index (χ2v) is 5.61. The lowest BCUT2D eigenvalue weighted by atomic mass is 10.2. The number of carboxylic acid groups (broad SMARTS) is 1. The number of alkyl halides is 3. The number of aliphatic carboxylic acids is 1. The number of amides is 2. The molecule has 0 aliphatic carbocycles. The number of nitrogens with zero attached hydrogens (tertiary/aromatic N) is 6. The number of carbonyl (C=O) groups is 2. The van der Waals surface area contributed by atoms with E-state index in [9.17, 15) is 18.0 Å². The Balaban J connectivity index is 0.000000445. The minimum Gasteiger partial charge on any atom is -0.475 e. The number of aryl methyl sites for hydroxylation is 4. The van der Waals surface area contributed by atoms with Gasteiger partial charge in [0.25, 0.3) is 0 Å². The van der Waals surface area contributed by atoms with Gasteiger partial charge >= 0.3 is 18.2 Å². The maximum atomic E-state index is 12.1. The molecule has 2 heterocycles. The molecule has 0 aromatic carbocycles. The normalized spacial score (nSPS) is 10.8. The number of hydrogen-bond acceptors (Lipinski definition) is 5. The molecular formula is C14H20F3N7O3. The van der Waals surface area contributed by atoms with Crippen molar-refractivity contribution in [2.24, 2.45) is 14.1 Å². The van der Waals surface area contributed by atoms with Crippen molar-refractivity contribution < 1.29 is 27.9 Å². The van der Waals surface area contributed by atoms with E-state index >= 15 is 0 Å². The molecule has 13 heteroatoms. The molecule has 27 heavy (non-hydrogen) atoms. The molecule has 2 N–H and O–H groups in total. The lowest BCUT2D eigenvalue weighted by molar-refractivity contribution is -0.192. The van der Waals surface area contributed by atoms with Crippen LogP contribution in [-0.4, -0.2) is 59.8 Å². The first-order valence-electron chi connectivity index (χ1n) is 7.50. The molecule has 0 fully saturated rings. The van der Waals surface area contributed by atoms with E-state index in [1.54, 1.807) is 28.4 Å². The molecule has 0 bridgehead atoms. The molecular weight excluding hydrogens is 371 g/mol. The molecule has 0 aliphatic heterocycles. The van der Waals surface area contributed by atoms with Gasteiger partial charge in [-0.1, -0.05) is 0 Å². The first kappa shape index (κ1) is 21.9. The van der Waals surface area contributed by atoms with Gasteiger partial charge in [-0.3, -0.25) is 14.7 Å². The van der Waals surface area contributed by atoms with Gasteiger partial charge in [-0.2, -0.15) is 23.3 Å². The fourth-order valence-corrected chi connectivity index (χ4v) is 1.84. The molecule has 0 saturated heterocycles. The minimum absolute atomic E-state index is 0.251. The van der Waals surface area contributed by atoms with Gasteiger partial charge in [-0.15, -0.1) is 5.10 Å². The third-order valence-corrected chi connectivity index (χ3v) is 3.31. The van der Waals surface area contributed by atoms with Crippen molar-refractivity contribution in [2.45, 2.75) is 26.6 Å². The summed E-state index contributed by atoms with van der Waals surface area (Å²) in [5.74, 6) is -1.71. The van der Waals surface area contributed by atoms with Crippen LogP contribution in [0.1, 0.15) is 17.1 Å². The van der Waals surface area contributed by atoms with Crippen LogP contribution in [0.3, 0.4) is 0 Å². The Bertz CT molecular complexity index is 794. The molecule has 0 radical (unpaired) electrons. The monoisotopic (exact) mass is 391 g/mol. The van der Waals surface area contributed by atoms with Gasteiger partial charge in [0.1, 0.15) is 5.82 Å². The fourth-order valence-electron chi connectivity index (χ4n) is 1.84. The molecule has 0 unspecified atom stereocenters. The van der Waals surface area contributed by atoms with E-state index in [1.807, 2.05) is 27.1 Å². The number of halogens is 3. The summed E-state index contributed by atoms with van der Waals surface area (Å²) in [4.78, 5) is 26.7. The Kier molecular flexibility index (Phi) is 6.91. The van der Waals surface area contributed by atoms with Crippen molar-refractivity contribution >= 4 is 17.9 Å². The van der Waals surface area contributed by atoms with Crippen molar-refractivity contribution in [1.82, 2.24) is 29.4 Å². The Morgan fingerprint density at radius 1 is 1.26 bits per heavy atom. The quantitative estimate of drug-likeness (QED) is 0.818. The van der Waals surface area contributed by atoms with Crippen molar-refractivity contribution in [3.05, 3.63) is 23.3 Å². The van der Waals surface area contributed by atoms with Crippen LogP contribution in [0.4, 0.5) is 23.9 Å². The largest absolute Gasteiger partial charge is 0.490 e. The highest BCUT2D eigenvalue weighted by molar-refractivity contribution is 5.87. The zero-order valence-corrected chi connectivity index (χ0v) is 15.4.